The first-order valence-corrected chi connectivity index (χ1v) is 6.55. The van der Waals surface area contributed by atoms with Gasteiger partial charge in [0.2, 0.25) is 0 Å². The summed E-state index contributed by atoms with van der Waals surface area (Å²) in [7, 11) is 0. The van der Waals surface area contributed by atoms with Gasteiger partial charge in [-0.25, -0.2) is 0 Å². The van der Waals surface area contributed by atoms with E-state index < -0.39 is 0 Å². The molecule has 0 bridgehead atoms. The van der Waals surface area contributed by atoms with E-state index in [1.54, 1.807) is 11.3 Å². The molecule has 1 N–H and O–H groups in total. The van der Waals surface area contributed by atoms with Crippen molar-refractivity contribution in [1.82, 2.24) is 15.5 Å². The average Bonchev–Trinajstić information content (AvgIpc) is 2.83. The predicted molar refractivity (Wildman–Crippen MR) is 69.2 cm³/mol. The maximum atomic E-state index is 5.61. The molecular weight excluding hydrogens is 234 g/mol. The maximum absolute atomic E-state index is 5.61. The molecule has 2 aromatic heterocycles. The molecule has 0 fully saturated rings. The number of aromatic nitrogens is 2. The van der Waals surface area contributed by atoms with E-state index in [4.69, 9.17) is 4.42 Å². The minimum absolute atomic E-state index is 0.781. The Balaban J connectivity index is 2.30. The van der Waals surface area contributed by atoms with Crippen molar-refractivity contribution in [2.75, 3.05) is 6.54 Å². The zero-order valence-electron chi connectivity index (χ0n) is 10.6. The standard InChI is InChI=1S/C12H17N3OS/c1-5-13-6-10-14-15-12(17-10)11-7(2)8(3)16-9(11)4/h13H,5-6H2,1-4H3. The zero-order valence-corrected chi connectivity index (χ0v) is 11.4. The third-order valence-electron chi connectivity index (χ3n) is 2.77. The van der Waals surface area contributed by atoms with Crippen molar-refractivity contribution in [2.45, 2.75) is 34.2 Å². The van der Waals surface area contributed by atoms with Gasteiger partial charge >= 0.3 is 0 Å². The smallest absolute Gasteiger partial charge is 0.151 e. The van der Waals surface area contributed by atoms with Crippen LogP contribution in [0.5, 0.6) is 0 Å². The Bertz CT molecular complexity index is 516. The first-order chi connectivity index (χ1) is 8.13. The summed E-state index contributed by atoms with van der Waals surface area (Å²) in [6, 6.07) is 0. The van der Waals surface area contributed by atoms with Crippen molar-refractivity contribution in [3.05, 3.63) is 22.1 Å². The number of furan rings is 1. The fraction of sp³-hybridized carbons (Fsp3) is 0.500. The lowest BCUT2D eigenvalue weighted by Crippen LogP contribution is -2.11. The normalized spacial score (nSPS) is 11.1. The van der Waals surface area contributed by atoms with Crippen molar-refractivity contribution >= 4 is 11.3 Å². The fourth-order valence-electron chi connectivity index (χ4n) is 1.77. The van der Waals surface area contributed by atoms with Crippen molar-refractivity contribution in [3.8, 4) is 10.6 Å². The van der Waals surface area contributed by atoms with Gasteiger partial charge in [-0.15, -0.1) is 10.2 Å². The average molecular weight is 251 g/mol. The van der Waals surface area contributed by atoms with Gasteiger partial charge in [0.15, 0.2) is 5.01 Å². The Morgan fingerprint density at radius 2 is 1.94 bits per heavy atom. The minimum atomic E-state index is 0.781. The van der Waals surface area contributed by atoms with Crippen molar-refractivity contribution in [1.29, 1.82) is 0 Å². The lowest BCUT2D eigenvalue weighted by Gasteiger charge is -1.94. The van der Waals surface area contributed by atoms with Crippen LogP contribution in [0.15, 0.2) is 4.42 Å². The summed E-state index contributed by atoms with van der Waals surface area (Å²) in [5.41, 5.74) is 2.26. The highest BCUT2D eigenvalue weighted by Gasteiger charge is 2.17. The molecule has 2 heterocycles. The lowest BCUT2D eigenvalue weighted by molar-refractivity contribution is 0.503. The minimum Gasteiger partial charge on any atom is -0.466 e. The summed E-state index contributed by atoms with van der Waals surface area (Å²) in [6.45, 7) is 9.82. The maximum Gasteiger partial charge on any atom is 0.151 e. The quantitative estimate of drug-likeness (QED) is 0.907. The molecule has 0 spiro atoms. The molecule has 0 aliphatic carbocycles. The van der Waals surface area contributed by atoms with E-state index in [0.29, 0.717) is 0 Å². The molecule has 0 aromatic carbocycles. The monoisotopic (exact) mass is 251 g/mol. The lowest BCUT2D eigenvalue weighted by atomic mass is 10.1. The van der Waals surface area contributed by atoms with E-state index in [9.17, 15) is 0 Å². The molecule has 0 radical (unpaired) electrons. The van der Waals surface area contributed by atoms with E-state index in [1.165, 1.54) is 0 Å². The molecule has 0 aliphatic heterocycles. The van der Waals surface area contributed by atoms with Crippen LogP contribution < -0.4 is 5.32 Å². The molecule has 17 heavy (non-hydrogen) atoms. The van der Waals surface area contributed by atoms with Crippen molar-refractivity contribution in [2.24, 2.45) is 0 Å². The van der Waals surface area contributed by atoms with Crippen LogP contribution in [0.4, 0.5) is 0 Å². The Morgan fingerprint density at radius 1 is 1.18 bits per heavy atom. The summed E-state index contributed by atoms with van der Waals surface area (Å²) >= 11 is 1.62. The molecule has 92 valence electrons. The highest BCUT2D eigenvalue weighted by molar-refractivity contribution is 7.14. The third-order valence-corrected chi connectivity index (χ3v) is 3.71. The number of hydrogen-bond acceptors (Lipinski definition) is 5. The van der Waals surface area contributed by atoms with Crippen molar-refractivity contribution < 1.29 is 4.42 Å². The second-order valence-corrected chi connectivity index (χ2v) is 5.06. The number of hydrogen-bond donors (Lipinski definition) is 1. The molecule has 2 rings (SSSR count). The van der Waals surface area contributed by atoms with Crippen LogP contribution in [-0.4, -0.2) is 16.7 Å². The van der Waals surface area contributed by atoms with Crippen LogP contribution >= 0.6 is 11.3 Å². The van der Waals surface area contributed by atoms with E-state index >= 15 is 0 Å². The molecule has 0 aliphatic rings. The second kappa shape index (κ2) is 4.98. The van der Waals surface area contributed by atoms with Crippen LogP contribution in [0.2, 0.25) is 0 Å². The van der Waals surface area contributed by atoms with Crippen molar-refractivity contribution in [3.63, 3.8) is 0 Å². The highest BCUT2D eigenvalue weighted by Crippen LogP contribution is 2.33. The van der Waals surface area contributed by atoms with Gasteiger partial charge in [0, 0.05) is 12.1 Å². The van der Waals surface area contributed by atoms with Gasteiger partial charge in [-0.3, -0.25) is 0 Å². The van der Waals surface area contributed by atoms with Crippen LogP contribution in [0, 0.1) is 20.8 Å². The van der Waals surface area contributed by atoms with E-state index in [1.807, 2.05) is 13.8 Å². The first kappa shape index (κ1) is 12.3. The Morgan fingerprint density at radius 3 is 2.53 bits per heavy atom. The highest BCUT2D eigenvalue weighted by atomic mass is 32.1. The topological polar surface area (TPSA) is 51.0 Å². The molecule has 2 aromatic rings. The number of aryl methyl sites for hydroxylation is 2. The first-order valence-electron chi connectivity index (χ1n) is 5.73. The summed E-state index contributed by atoms with van der Waals surface area (Å²) < 4.78 is 5.61. The van der Waals surface area contributed by atoms with E-state index in [-0.39, 0.29) is 0 Å². The molecule has 5 heteroatoms. The van der Waals surface area contributed by atoms with Gasteiger partial charge in [0.05, 0.1) is 5.56 Å². The molecule has 4 nitrogen and oxygen atoms in total. The van der Waals surface area contributed by atoms with Crippen LogP contribution in [0.1, 0.15) is 29.0 Å². The van der Waals surface area contributed by atoms with Gasteiger partial charge in [-0.1, -0.05) is 18.3 Å². The van der Waals surface area contributed by atoms with Crippen LogP contribution in [-0.2, 0) is 6.54 Å². The summed E-state index contributed by atoms with van der Waals surface area (Å²) in [4.78, 5) is 0. The van der Waals surface area contributed by atoms with E-state index in [0.717, 1.165) is 45.8 Å². The van der Waals surface area contributed by atoms with Gasteiger partial charge in [0.25, 0.3) is 0 Å². The third kappa shape index (κ3) is 2.40. The Labute approximate surface area is 105 Å². The van der Waals surface area contributed by atoms with Gasteiger partial charge in [-0.05, 0) is 27.3 Å². The zero-order chi connectivity index (χ0) is 12.4. The van der Waals surface area contributed by atoms with Gasteiger partial charge in [-0.2, -0.15) is 0 Å². The van der Waals surface area contributed by atoms with Crippen LogP contribution in [0.25, 0.3) is 10.6 Å². The number of nitrogens with one attached hydrogen (secondary N) is 1. The number of nitrogens with zero attached hydrogens (tertiary/aromatic N) is 2. The SMILES string of the molecule is CCNCc1nnc(-c2c(C)oc(C)c2C)s1. The molecule has 0 amide bonds. The largest absolute Gasteiger partial charge is 0.466 e. The summed E-state index contributed by atoms with van der Waals surface area (Å²) in [5, 5.41) is 13.6. The fourth-order valence-corrected chi connectivity index (χ4v) is 2.73. The van der Waals surface area contributed by atoms with Gasteiger partial charge < -0.3 is 9.73 Å². The molecule has 0 saturated carbocycles. The second-order valence-electron chi connectivity index (χ2n) is 4.00. The molecule has 0 unspecified atom stereocenters. The molecular formula is C12H17N3OS. The molecule has 0 atom stereocenters. The molecule has 0 saturated heterocycles. The number of rotatable bonds is 4. The summed E-state index contributed by atoms with van der Waals surface area (Å²) in [6.07, 6.45) is 0. The predicted octanol–water partition coefficient (Wildman–Crippen LogP) is 2.83. The Kier molecular flexibility index (Phi) is 3.59. The van der Waals surface area contributed by atoms with E-state index in [2.05, 4.69) is 29.4 Å². The summed E-state index contributed by atoms with van der Waals surface area (Å²) in [5.74, 6) is 1.88. The van der Waals surface area contributed by atoms with Crippen LogP contribution in [0.3, 0.4) is 0 Å². The van der Waals surface area contributed by atoms with Gasteiger partial charge in [0.1, 0.15) is 16.5 Å². The Hall–Kier alpha value is -1.20.